The number of amides is 2. The van der Waals surface area contributed by atoms with Gasteiger partial charge in [0.15, 0.2) is 0 Å². The SMILES string of the molecule is COCC(C)NC(=O)NC(c1ccc(F)cc1)C1CCC1. The fourth-order valence-corrected chi connectivity index (χ4v) is 2.61. The number of hydrogen-bond donors (Lipinski definition) is 2. The maximum Gasteiger partial charge on any atom is 0.315 e. The first-order valence-corrected chi connectivity index (χ1v) is 7.41. The fraction of sp³-hybridized carbons (Fsp3) is 0.562. The molecule has 4 nitrogen and oxygen atoms in total. The predicted octanol–water partition coefficient (Wildman–Crippen LogP) is 3.00. The highest BCUT2D eigenvalue weighted by molar-refractivity contribution is 5.74. The molecule has 1 aromatic rings. The van der Waals surface area contributed by atoms with Crippen LogP contribution in [0.5, 0.6) is 0 Å². The number of ether oxygens (including phenoxy) is 1. The van der Waals surface area contributed by atoms with Crippen LogP contribution in [0.4, 0.5) is 9.18 Å². The highest BCUT2D eigenvalue weighted by Gasteiger charge is 2.30. The standard InChI is InChI=1S/C16H23FN2O2/c1-11(10-21-2)18-16(20)19-15(12-4-3-5-12)13-6-8-14(17)9-7-13/h6-9,11-12,15H,3-5,10H2,1-2H3,(H2,18,19,20). The lowest BCUT2D eigenvalue weighted by Gasteiger charge is -2.35. The Morgan fingerprint density at radius 1 is 1.33 bits per heavy atom. The van der Waals surface area contributed by atoms with Gasteiger partial charge in [0.2, 0.25) is 0 Å². The molecule has 5 heteroatoms. The zero-order valence-electron chi connectivity index (χ0n) is 12.6. The third-order valence-corrected chi connectivity index (χ3v) is 3.93. The zero-order valence-corrected chi connectivity index (χ0v) is 12.6. The van der Waals surface area contributed by atoms with Crippen LogP contribution in [0.3, 0.4) is 0 Å². The minimum atomic E-state index is -0.260. The molecule has 21 heavy (non-hydrogen) atoms. The van der Waals surface area contributed by atoms with E-state index in [1.54, 1.807) is 19.2 Å². The van der Waals surface area contributed by atoms with Gasteiger partial charge in [0.1, 0.15) is 5.82 Å². The molecular weight excluding hydrogens is 271 g/mol. The maximum absolute atomic E-state index is 13.1. The number of rotatable bonds is 6. The normalized spacial score (nSPS) is 17.7. The van der Waals surface area contributed by atoms with Crippen molar-refractivity contribution < 1.29 is 13.9 Å². The van der Waals surface area contributed by atoms with Crippen molar-refractivity contribution in [2.24, 2.45) is 5.92 Å². The van der Waals surface area contributed by atoms with Gasteiger partial charge in [-0.25, -0.2) is 9.18 Å². The summed E-state index contributed by atoms with van der Waals surface area (Å²) in [4.78, 5) is 12.1. The van der Waals surface area contributed by atoms with Crippen molar-refractivity contribution in [3.05, 3.63) is 35.6 Å². The lowest BCUT2D eigenvalue weighted by molar-refractivity contribution is 0.167. The molecule has 2 unspecified atom stereocenters. The van der Waals surface area contributed by atoms with Crippen LogP contribution in [-0.2, 0) is 4.74 Å². The zero-order chi connectivity index (χ0) is 15.2. The first-order valence-electron chi connectivity index (χ1n) is 7.41. The molecule has 0 bridgehead atoms. The van der Waals surface area contributed by atoms with Crippen molar-refractivity contribution in [3.8, 4) is 0 Å². The van der Waals surface area contributed by atoms with Gasteiger partial charge in [-0.2, -0.15) is 0 Å². The Bertz CT molecular complexity index is 460. The largest absolute Gasteiger partial charge is 0.383 e. The third kappa shape index (κ3) is 4.43. The molecule has 1 aliphatic rings. The monoisotopic (exact) mass is 294 g/mol. The average Bonchev–Trinajstić information content (AvgIpc) is 2.37. The van der Waals surface area contributed by atoms with E-state index < -0.39 is 0 Å². The fourth-order valence-electron chi connectivity index (χ4n) is 2.61. The van der Waals surface area contributed by atoms with Crippen molar-refractivity contribution in [1.29, 1.82) is 0 Å². The number of hydrogen-bond acceptors (Lipinski definition) is 2. The second kappa shape index (κ2) is 7.41. The Kier molecular flexibility index (Phi) is 5.56. The topological polar surface area (TPSA) is 50.4 Å². The molecule has 1 aliphatic carbocycles. The highest BCUT2D eigenvalue weighted by atomic mass is 19.1. The van der Waals surface area contributed by atoms with Crippen LogP contribution < -0.4 is 10.6 Å². The summed E-state index contributed by atoms with van der Waals surface area (Å²) in [6.07, 6.45) is 3.37. The Hall–Kier alpha value is -1.62. The lowest BCUT2D eigenvalue weighted by Crippen LogP contribution is -2.46. The number of carbonyl (C=O) groups is 1. The van der Waals surface area contributed by atoms with E-state index in [1.165, 1.54) is 18.6 Å². The first kappa shape index (κ1) is 15.8. The minimum Gasteiger partial charge on any atom is -0.383 e. The minimum absolute atomic E-state index is 0.0507. The van der Waals surface area contributed by atoms with Gasteiger partial charge in [0.25, 0.3) is 0 Å². The first-order chi connectivity index (χ1) is 10.1. The average molecular weight is 294 g/mol. The summed E-state index contributed by atoms with van der Waals surface area (Å²) in [6, 6.07) is 6.05. The van der Waals surface area contributed by atoms with E-state index in [-0.39, 0.29) is 23.9 Å². The van der Waals surface area contributed by atoms with Crippen LogP contribution in [0.1, 0.15) is 37.8 Å². The van der Waals surface area contributed by atoms with Crippen molar-refractivity contribution >= 4 is 6.03 Å². The van der Waals surface area contributed by atoms with Gasteiger partial charge < -0.3 is 15.4 Å². The molecule has 116 valence electrons. The second-order valence-corrected chi connectivity index (χ2v) is 5.69. The van der Waals surface area contributed by atoms with Gasteiger partial charge >= 0.3 is 6.03 Å². The Labute approximate surface area is 125 Å². The van der Waals surface area contributed by atoms with Gasteiger partial charge in [0.05, 0.1) is 18.7 Å². The molecule has 0 radical (unpaired) electrons. The molecule has 0 saturated heterocycles. The van der Waals surface area contributed by atoms with Gasteiger partial charge in [-0.15, -0.1) is 0 Å². The molecule has 1 fully saturated rings. The summed E-state index contributed by atoms with van der Waals surface area (Å²) < 4.78 is 18.1. The summed E-state index contributed by atoms with van der Waals surface area (Å²) >= 11 is 0. The number of urea groups is 1. The second-order valence-electron chi connectivity index (χ2n) is 5.69. The Balaban J connectivity index is 1.99. The summed E-state index contributed by atoms with van der Waals surface area (Å²) in [5.41, 5.74) is 0.954. The number of methoxy groups -OCH3 is 1. The van der Waals surface area contributed by atoms with E-state index in [1.807, 2.05) is 6.92 Å². The van der Waals surface area contributed by atoms with E-state index in [9.17, 15) is 9.18 Å². The number of halogens is 1. The van der Waals surface area contributed by atoms with Gasteiger partial charge in [-0.3, -0.25) is 0 Å². The molecule has 2 rings (SSSR count). The van der Waals surface area contributed by atoms with Crippen LogP contribution in [0.25, 0.3) is 0 Å². The number of benzene rings is 1. The van der Waals surface area contributed by atoms with Gasteiger partial charge in [-0.05, 0) is 43.4 Å². The Morgan fingerprint density at radius 3 is 2.52 bits per heavy atom. The van der Waals surface area contributed by atoms with Crippen molar-refractivity contribution in [3.63, 3.8) is 0 Å². The molecule has 2 atom stereocenters. The van der Waals surface area contributed by atoms with Crippen molar-refractivity contribution in [1.82, 2.24) is 10.6 Å². The van der Waals surface area contributed by atoms with Gasteiger partial charge in [-0.1, -0.05) is 18.6 Å². The highest BCUT2D eigenvalue weighted by Crippen LogP contribution is 2.37. The maximum atomic E-state index is 13.1. The lowest BCUT2D eigenvalue weighted by atomic mass is 9.77. The molecule has 0 aromatic heterocycles. The van der Waals surface area contributed by atoms with E-state index in [0.717, 1.165) is 18.4 Å². The van der Waals surface area contributed by atoms with Crippen LogP contribution >= 0.6 is 0 Å². The van der Waals surface area contributed by atoms with E-state index in [4.69, 9.17) is 4.74 Å². The summed E-state index contributed by atoms with van der Waals surface area (Å²) in [5.74, 6) is 0.170. The smallest absolute Gasteiger partial charge is 0.315 e. The van der Waals surface area contributed by atoms with Crippen LogP contribution in [0.2, 0.25) is 0 Å². The van der Waals surface area contributed by atoms with Crippen LogP contribution in [0.15, 0.2) is 24.3 Å². The van der Waals surface area contributed by atoms with Crippen LogP contribution in [-0.4, -0.2) is 25.8 Å². The van der Waals surface area contributed by atoms with E-state index in [2.05, 4.69) is 10.6 Å². The number of nitrogens with one attached hydrogen (secondary N) is 2. The molecule has 1 aromatic carbocycles. The molecular formula is C16H23FN2O2. The number of carbonyl (C=O) groups excluding carboxylic acids is 1. The van der Waals surface area contributed by atoms with E-state index >= 15 is 0 Å². The molecule has 1 saturated carbocycles. The molecule has 0 heterocycles. The summed E-state index contributed by atoms with van der Waals surface area (Å²) in [7, 11) is 1.60. The summed E-state index contributed by atoms with van der Waals surface area (Å²) in [5, 5.41) is 5.86. The van der Waals surface area contributed by atoms with Crippen molar-refractivity contribution in [2.45, 2.75) is 38.3 Å². The molecule has 2 N–H and O–H groups in total. The third-order valence-electron chi connectivity index (χ3n) is 3.93. The quantitative estimate of drug-likeness (QED) is 0.847. The summed E-state index contributed by atoms with van der Waals surface area (Å²) in [6.45, 7) is 2.36. The van der Waals surface area contributed by atoms with Crippen molar-refractivity contribution in [2.75, 3.05) is 13.7 Å². The van der Waals surface area contributed by atoms with Gasteiger partial charge in [0, 0.05) is 7.11 Å². The van der Waals surface area contributed by atoms with Crippen LogP contribution in [0, 0.1) is 11.7 Å². The van der Waals surface area contributed by atoms with E-state index in [0.29, 0.717) is 12.5 Å². The predicted molar refractivity (Wildman–Crippen MR) is 79.5 cm³/mol. The Morgan fingerprint density at radius 2 is 2.00 bits per heavy atom. The molecule has 0 spiro atoms. The molecule has 2 amide bonds. The molecule has 0 aliphatic heterocycles.